The Hall–Kier alpha value is -5.51. The number of hydrogen-bond donors (Lipinski definition) is 3. The number of likely N-dealkylation sites (tertiary alicyclic amines) is 1. The van der Waals surface area contributed by atoms with E-state index >= 15 is 0 Å². The van der Waals surface area contributed by atoms with Crippen molar-refractivity contribution in [2.75, 3.05) is 26.8 Å². The SMILES string of the molecule is COc1cc2ccc1CNC(=O)COc1cc(ccc1C)C(=O)N[C@H]1CN(C(=O)c3ccc(-c4ccc(O)cc4)cc3)CC[C@H]1O2. The molecule has 10 heteroatoms. The van der Waals surface area contributed by atoms with E-state index in [4.69, 9.17) is 14.2 Å². The van der Waals surface area contributed by atoms with Crippen LogP contribution in [0.15, 0.2) is 84.9 Å². The average Bonchev–Trinajstić information content (AvgIpc) is 3.07. The molecule has 0 spiro atoms. The highest BCUT2D eigenvalue weighted by Gasteiger charge is 2.35. The lowest BCUT2D eigenvalue weighted by Crippen LogP contribution is -2.58. The van der Waals surface area contributed by atoms with Crippen LogP contribution in [0.4, 0.5) is 0 Å². The van der Waals surface area contributed by atoms with Crippen LogP contribution < -0.4 is 24.8 Å². The summed E-state index contributed by atoms with van der Waals surface area (Å²) in [5.74, 6) is 0.903. The topological polar surface area (TPSA) is 126 Å². The fraction of sp³-hybridized carbons (Fsp3) is 0.250. The summed E-state index contributed by atoms with van der Waals surface area (Å²) in [5.41, 5.74) is 4.30. The van der Waals surface area contributed by atoms with Crippen LogP contribution in [0.5, 0.6) is 23.0 Å². The smallest absolute Gasteiger partial charge is 0.258 e. The first kappa shape index (κ1) is 30.5. The van der Waals surface area contributed by atoms with Crippen LogP contribution >= 0.6 is 0 Å². The first-order chi connectivity index (χ1) is 22.3. The van der Waals surface area contributed by atoms with E-state index in [9.17, 15) is 19.5 Å². The van der Waals surface area contributed by atoms with E-state index in [1.165, 1.54) is 0 Å². The molecule has 0 aromatic heterocycles. The van der Waals surface area contributed by atoms with Gasteiger partial charge in [-0.15, -0.1) is 0 Å². The van der Waals surface area contributed by atoms with E-state index in [1.54, 1.807) is 66.6 Å². The number of ether oxygens (including phenoxy) is 3. The molecular formula is C36H35N3O7. The summed E-state index contributed by atoms with van der Waals surface area (Å²) in [4.78, 5) is 41.5. The minimum atomic E-state index is -0.531. The van der Waals surface area contributed by atoms with Crippen molar-refractivity contribution >= 4 is 17.7 Å². The van der Waals surface area contributed by atoms with Gasteiger partial charge >= 0.3 is 0 Å². The van der Waals surface area contributed by atoms with Gasteiger partial charge in [-0.1, -0.05) is 30.3 Å². The maximum Gasteiger partial charge on any atom is 0.258 e. The van der Waals surface area contributed by atoms with Crippen molar-refractivity contribution in [2.24, 2.45) is 0 Å². The minimum absolute atomic E-state index is 0.150. The molecule has 0 saturated carbocycles. The second kappa shape index (κ2) is 13.2. The van der Waals surface area contributed by atoms with Crippen molar-refractivity contribution in [3.8, 4) is 34.1 Å². The fourth-order valence-electron chi connectivity index (χ4n) is 5.69. The zero-order chi connectivity index (χ0) is 32.2. The van der Waals surface area contributed by atoms with Gasteiger partial charge in [0.25, 0.3) is 17.7 Å². The number of aromatic hydroxyl groups is 1. The minimum Gasteiger partial charge on any atom is -0.508 e. The van der Waals surface area contributed by atoms with Crippen LogP contribution in [0.2, 0.25) is 0 Å². The first-order valence-corrected chi connectivity index (χ1v) is 15.1. The predicted molar refractivity (Wildman–Crippen MR) is 171 cm³/mol. The van der Waals surface area contributed by atoms with Gasteiger partial charge in [-0.05, 0) is 72.1 Å². The molecule has 3 amide bonds. The summed E-state index contributed by atoms with van der Waals surface area (Å²) in [6, 6.07) is 24.2. The highest BCUT2D eigenvalue weighted by Crippen LogP contribution is 2.29. The monoisotopic (exact) mass is 621 g/mol. The van der Waals surface area contributed by atoms with E-state index in [2.05, 4.69) is 10.6 Å². The molecule has 1 fully saturated rings. The van der Waals surface area contributed by atoms with Gasteiger partial charge in [0, 0.05) is 48.8 Å². The van der Waals surface area contributed by atoms with Crippen molar-refractivity contribution in [2.45, 2.75) is 32.0 Å². The average molecular weight is 622 g/mol. The number of methoxy groups -OCH3 is 1. The second-order valence-electron chi connectivity index (χ2n) is 11.4. The molecule has 1 saturated heterocycles. The number of piperidine rings is 1. The van der Waals surface area contributed by atoms with Gasteiger partial charge in [0.1, 0.15) is 29.1 Å². The number of carbonyl (C=O) groups excluding carboxylic acids is 3. The number of carbonyl (C=O) groups is 3. The van der Waals surface area contributed by atoms with Crippen LogP contribution in [0.25, 0.3) is 11.1 Å². The quantitative estimate of drug-likeness (QED) is 0.308. The van der Waals surface area contributed by atoms with Gasteiger partial charge in [0.2, 0.25) is 0 Å². The number of rotatable bonds is 3. The Balaban J connectivity index is 1.26. The molecular weight excluding hydrogens is 586 g/mol. The second-order valence-corrected chi connectivity index (χ2v) is 11.4. The van der Waals surface area contributed by atoms with Crippen molar-refractivity contribution in [1.29, 1.82) is 0 Å². The van der Waals surface area contributed by atoms with E-state index in [0.717, 1.165) is 22.3 Å². The fourth-order valence-corrected chi connectivity index (χ4v) is 5.69. The third kappa shape index (κ3) is 6.76. The Morgan fingerprint density at radius 2 is 1.65 bits per heavy atom. The summed E-state index contributed by atoms with van der Waals surface area (Å²) >= 11 is 0. The Morgan fingerprint density at radius 1 is 0.935 bits per heavy atom. The normalized spacial score (nSPS) is 18.3. The van der Waals surface area contributed by atoms with Crippen LogP contribution in [-0.2, 0) is 11.3 Å². The largest absolute Gasteiger partial charge is 0.508 e. The molecule has 3 aliphatic rings. The first-order valence-electron chi connectivity index (χ1n) is 15.1. The molecule has 4 aromatic rings. The number of fused-ring (bicyclic) bond motifs is 7. The third-order valence-corrected chi connectivity index (χ3v) is 8.32. The Bertz CT molecular complexity index is 1750. The van der Waals surface area contributed by atoms with Gasteiger partial charge < -0.3 is 34.9 Å². The number of nitrogens with one attached hydrogen (secondary N) is 2. The lowest BCUT2D eigenvalue weighted by Gasteiger charge is -2.39. The highest BCUT2D eigenvalue weighted by molar-refractivity contribution is 5.96. The van der Waals surface area contributed by atoms with Gasteiger partial charge in [-0.2, -0.15) is 0 Å². The number of amides is 3. The Labute approximate surface area is 266 Å². The van der Waals surface area contributed by atoms with Crippen LogP contribution in [0.1, 0.15) is 38.3 Å². The molecule has 2 atom stereocenters. The standard InChI is InChI=1S/C36H35N3O7/c1-22-3-4-26-17-32(22)45-21-34(41)37-19-27-11-14-29(18-33(27)44-2)46-31-15-16-39(20-30(31)38-35(26)42)36(43)25-7-5-23(6-8-25)24-9-12-28(40)13-10-24/h3-14,17-18,30-31,40H,15-16,19-21H2,1-2H3,(H,37,41)(H,38,42)/t30-,31+/m0/s1. The van der Waals surface area contributed by atoms with Gasteiger partial charge in [-0.25, -0.2) is 0 Å². The van der Waals surface area contributed by atoms with Crippen LogP contribution in [-0.4, -0.2) is 66.7 Å². The molecule has 0 radical (unpaired) electrons. The van der Waals surface area contributed by atoms with E-state index < -0.39 is 12.1 Å². The van der Waals surface area contributed by atoms with Crippen molar-refractivity contribution in [3.63, 3.8) is 0 Å². The molecule has 3 heterocycles. The molecule has 236 valence electrons. The number of aryl methyl sites for hydroxylation is 1. The van der Waals surface area contributed by atoms with Crippen molar-refractivity contribution in [1.82, 2.24) is 15.5 Å². The molecule has 0 aliphatic carbocycles. The number of phenols is 1. The molecule has 3 N–H and O–H groups in total. The zero-order valence-electron chi connectivity index (χ0n) is 25.6. The maximum absolute atomic E-state index is 13.7. The molecule has 3 aliphatic heterocycles. The van der Waals surface area contributed by atoms with Crippen molar-refractivity contribution < 1.29 is 33.7 Å². The molecule has 4 bridgehead atoms. The molecule has 0 unspecified atom stereocenters. The van der Waals surface area contributed by atoms with E-state index in [1.807, 2.05) is 37.3 Å². The lowest BCUT2D eigenvalue weighted by atomic mass is 9.99. The lowest BCUT2D eigenvalue weighted by molar-refractivity contribution is -0.123. The zero-order valence-corrected chi connectivity index (χ0v) is 25.6. The van der Waals surface area contributed by atoms with Crippen LogP contribution in [0, 0.1) is 6.92 Å². The Kier molecular flexibility index (Phi) is 8.78. The summed E-state index contributed by atoms with van der Waals surface area (Å²) < 4.78 is 17.8. The molecule has 46 heavy (non-hydrogen) atoms. The van der Waals surface area contributed by atoms with E-state index in [0.29, 0.717) is 41.3 Å². The summed E-state index contributed by atoms with van der Waals surface area (Å²) in [5, 5.41) is 15.5. The van der Waals surface area contributed by atoms with Gasteiger partial charge in [-0.3, -0.25) is 14.4 Å². The molecule has 10 nitrogen and oxygen atoms in total. The van der Waals surface area contributed by atoms with E-state index in [-0.39, 0.29) is 43.2 Å². The third-order valence-electron chi connectivity index (χ3n) is 8.32. The predicted octanol–water partition coefficient (Wildman–Crippen LogP) is 4.48. The summed E-state index contributed by atoms with van der Waals surface area (Å²) in [6.45, 7) is 2.53. The van der Waals surface area contributed by atoms with Gasteiger partial charge in [0.05, 0.1) is 13.2 Å². The van der Waals surface area contributed by atoms with Gasteiger partial charge in [0.15, 0.2) is 6.61 Å². The summed E-state index contributed by atoms with van der Waals surface area (Å²) in [7, 11) is 1.55. The molecule has 4 aromatic carbocycles. The van der Waals surface area contributed by atoms with Crippen LogP contribution in [0.3, 0.4) is 0 Å². The van der Waals surface area contributed by atoms with Crippen molar-refractivity contribution in [3.05, 3.63) is 107 Å². The maximum atomic E-state index is 13.7. The Morgan fingerprint density at radius 3 is 2.39 bits per heavy atom. The summed E-state index contributed by atoms with van der Waals surface area (Å²) in [6.07, 6.45) is 0.0435. The number of benzene rings is 4. The highest BCUT2D eigenvalue weighted by atomic mass is 16.5. The number of nitrogens with zero attached hydrogens (tertiary/aromatic N) is 1. The number of phenolic OH excluding ortho intramolecular Hbond substituents is 1. The molecule has 7 rings (SSSR count). The number of hydrogen-bond acceptors (Lipinski definition) is 7.